The number of nitrogens with one attached hydrogen (secondary N) is 1. The number of methoxy groups -OCH3 is 1. The van der Waals surface area contributed by atoms with E-state index in [0.717, 1.165) is 0 Å². The highest BCUT2D eigenvalue weighted by Crippen LogP contribution is 1.83. The number of ether oxygens (including phenoxy) is 1. The molecule has 3 heteroatoms. The molecule has 0 heterocycles. The van der Waals surface area contributed by atoms with E-state index in [4.69, 9.17) is 9.84 Å². The summed E-state index contributed by atoms with van der Waals surface area (Å²) >= 11 is 0. The van der Waals surface area contributed by atoms with Crippen LogP contribution in [0.4, 0.5) is 0 Å². The molecule has 0 amide bonds. The maximum atomic E-state index is 8.87. The first-order valence-corrected chi connectivity index (χ1v) is 3.57. The Morgan fingerprint density at radius 1 is 1.50 bits per heavy atom. The predicted molar refractivity (Wildman–Crippen MR) is 41.0 cm³/mol. The van der Waals surface area contributed by atoms with E-state index in [2.05, 4.69) is 5.32 Å². The molecule has 0 bridgehead atoms. The van der Waals surface area contributed by atoms with E-state index >= 15 is 0 Å². The largest absolute Gasteiger partial charge is 0.392 e. The Morgan fingerprint density at radius 2 is 2.10 bits per heavy atom. The Labute approximate surface area is 62.4 Å². The van der Waals surface area contributed by atoms with Gasteiger partial charge in [-0.1, -0.05) is 0 Å². The molecule has 0 spiro atoms. The van der Waals surface area contributed by atoms with Crippen LogP contribution in [-0.4, -0.2) is 37.5 Å². The van der Waals surface area contributed by atoms with Gasteiger partial charge in [-0.25, -0.2) is 0 Å². The van der Waals surface area contributed by atoms with Crippen molar-refractivity contribution < 1.29 is 9.84 Å². The molecule has 0 unspecified atom stereocenters. The Morgan fingerprint density at radius 3 is 2.50 bits per heavy atom. The van der Waals surface area contributed by atoms with Crippen LogP contribution in [0.15, 0.2) is 0 Å². The van der Waals surface area contributed by atoms with Gasteiger partial charge in [-0.2, -0.15) is 0 Å². The lowest BCUT2D eigenvalue weighted by molar-refractivity contribution is 0.151. The molecule has 0 aliphatic heterocycles. The summed E-state index contributed by atoms with van der Waals surface area (Å²) in [4.78, 5) is 0. The Balaban J connectivity index is 3.12. The second-order valence-corrected chi connectivity index (χ2v) is 2.61. The molecule has 0 saturated carbocycles. The molecule has 3 nitrogen and oxygen atoms in total. The van der Waals surface area contributed by atoms with Crippen LogP contribution in [-0.2, 0) is 4.74 Å². The highest BCUT2D eigenvalue weighted by Gasteiger charge is 2.00. The molecule has 2 atom stereocenters. The third-order valence-corrected chi connectivity index (χ3v) is 1.18. The van der Waals surface area contributed by atoms with E-state index in [-0.39, 0.29) is 6.10 Å². The van der Waals surface area contributed by atoms with Crippen molar-refractivity contribution in [3.8, 4) is 0 Å². The van der Waals surface area contributed by atoms with E-state index < -0.39 is 0 Å². The number of hydrogen-bond acceptors (Lipinski definition) is 3. The summed E-state index contributed by atoms with van der Waals surface area (Å²) in [5, 5.41) is 12.0. The molecule has 0 rings (SSSR count). The Bertz CT molecular complexity index is 76.0. The normalized spacial score (nSPS) is 16.8. The molecule has 0 saturated heterocycles. The summed E-state index contributed by atoms with van der Waals surface area (Å²) in [6.45, 7) is 5.09. The fourth-order valence-corrected chi connectivity index (χ4v) is 0.681. The van der Waals surface area contributed by atoms with Crippen LogP contribution in [0.5, 0.6) is 0 Å². The highest BCUT2D eigenvalue weighted by atomic mass is 16.5. The van der Waals surface area contributed by atoms with Gasteiger partial charge in [0.15, 0.2) is 0 Å². The van der Waals surface area contributed by atoms with Gasteiger partial charge in [0.25, 0.3) is 0 Å². The van der Waals surface area contributed by atoms with Crippen LogP contribution in [0.1, 0.15) is 13.8 Å². The zero-order chi connectivity index (χ0) is 7.98. The van der Waals surface area contributed by atoms with Crippen LogP contribution in [0.3, 0.4) is 0 Å². The summed E-state index contributed by atoms with van der Waals surface area (Å²) in [7, 11) is 1.67. The molecule has 0 radical (unpaired) electrons. The van der Waals surface area contributed by atoms with Gasteiger partial charge in [-0.3, -0.25) is 0 Å². The van der Waals surface area contributed by atoms with Gasteiger partial charge in [0.1, 0.15) is 0 Å². The maximum Gasteiger partial charge on any atom is 0.0636 e. The molecule has 10 heavy (non-hydrogen) atoms. The van der Waals surface area contributed by atoms with Crippen LogP contribution in [0.2, 0.25) is 0 Å². The van der Waals surface area contributed by atoms with Crippen molar-refractivity contribution in [2.45, 2.75) is 26.0 Å². The van der Waals surface area contributed by atoms with Crippen molar-refractivity contribution in [1.82, 2.24) is 5.32 Å². The first-order valence-electron chi connectivity index (χ1n) is 3.57. The highest BCUT2D eigenvalue weighted by molar-refractivity contribution is 4.60. The monoisotopic (exact) mass is 147 g/mol. The molecule has 0 aromatic heterocycles. The lowest BCUT2D eigenvalue weighted by Crippen LogP contribution is -2.35. The van der Waals surface area contributed by atoms with Crippen LogP contribution >= 0.6 is 0 Å². The molecule has 0 fully saturated rings. The van der Waals surface area contributed by atoms with Crippen molar-refractivity contribution in [2.75, 3.05) is 20.3 Å². The molecule has 62 valence electrons. The summed E-state index contributed by atoms with van der Waals surface area (Å²) in [5.74, 6) is 0. The summed E-state index contributed by atoms with van der Waals surface area (Å²) in [6.07, 6.45) is -0.278. The van der Waals surface area contributed by atoms with E-state index in [9.17, 15) is 0 Å². The lowest BCUT2D eigenvalue weighted by Gasteiger charge is -2.13. The first kappa shape index (κ1) is 9.88. The van der Waals surface area contributed by atoms with E-state index in [1.807, 2.05) is 6.92 Å². The quantitative estimate of drug-likeness (QED) is 0.575. The topological polar surface area (TPSA) is 41.5 Å². The minimum atomic E-state index is -0.278. The van der Waals surface area contributed by atoms with Gasteiger partial charge in [0, 0.05) is 19.7 Å². The van der Waals surface area contributed by atoms with Crippen molar-refractivity contribution >= 4 is 0 Å². The Kier molecular flexibility index (Phi) is 5.58. The van der Waals surface area contributed by atoms with Crippen molar-refractivity contribution in [2.24, 2.45) is 0 Å². The number of aliphatic hydroxyl groups excluding tert-OH is 1. The maximum absolute atomic E-state index is 8.87. The second kappa shape index (κ2) is 5.65. The zero-order valence-corrected chi connectivity index (χ0v) is 6.92. The predicted octanol–water partition coefficient (Wildman–Crippen LogP) is -0.00830. The van der Waals surface area contributed by atoms with E-state index in [1.165, 1.54) is 0 Å². The standard InChI is InChI=1S/C7H17NO2/c1-6(5-10-3)8-4-7(2)9/h6-9H,4-5H2,1-3H3/t6-,7-/m0/s1. The van der Waals surface area contributed by atoms with Gasteiger partial charge < -0.3 is 15.2 Å². The Hall–Kier alpha value is -0.120. The third-order valence-electron chi connectivity index (χ3n) is 1.18. The first-order chi connectivity index (χ1) is 4.66. The number of rotatable bonds is 5. The molecule has 2 N–H and O–H groups in total. The summed E-state index contributed by atoms with van der Waals surface area (Å²) in [6, 6.07) is 0.319. The summed E-state index contributed by atoms with van der Waals surface area (Å²) < 4.78 is 4.89. The van der Waals surface area contributed by atoms with Gasteiger partial charge >= 0.3 is 0 Å². The molecular weight excluding hydrogens is 130 g/mol. The lowest BCUT2D eigenvalue weighted by atomic mass is 10.3. The van der Waals surface area contributed by atoms with Crippen molar-refractivity contribution in [3.63, 3.8) is 0 Å². The van der Waals surface area contributed by atoms with Gasteiger partial charge in [0.2, 0.25) is 0 Å². The number of aliphatic hydroxyl groups is 1. The molecule has 0 aromatic carbocycles. The fourth-order valence-electron chi connectivity index (χ4n) is 0.681. The van der Waals surface area contributed by atoms with Crippen molar-refractivity contribution in [1.29, 1.82) is 0 Å². The van der Waals surface area contributed by atoms with Gasteiger partial charge in [-0.15, -0.1) is 0 Å². The van der Waals surface area contributed by atoms with Crippen LogP contribution in [0.25, 0.3) is 0 Å². The molecule has 0 aromatic rings. The van der Waals surface area contributed by atoms with Gasteiger partial charge in [-0.05, 0) is 13.8 Å². The second-order valence-electron chi connectivity index (χ2n) is 2.61. The molecule has 0 aliphatic rings. The third kappa shape index (κ3) is 6.01. The minimum absolute atomic E-state index is 0.278. The molecule has 0 aliphatic carbocycles. The van der Waals surface area contributed by atoms with E-state index in [1.54, 1.807) is 14.0 Å². The van der Waals surface area contributed by atoms with E-state index in [0.29, 0.717) is 19.2 Å². The minimum Gasteiger partial charge on any atom is -0.392 e. The fraction of sp³-hybridized carbons (Fsp3) is 1.00. The smallest absolute Gasteiger partial charge is 0.0636 e. The zero-order valence-electron chi connectivity index (χ0n) is 6.92. The van der Waals surface area contributed by atoms with Crippen LogP contribution < -0.4 is 5.32 Å². The molecular formula is C7H17NO2. The van der Waals surface area contributed by atoms with Crippen molar-refractivity contribution in [3.05, 3.63) is 0 Å². The SMILES string of the molecule is COC[C@H](C)NC[C@H](C)O. The van der Waals surface area contributed by atoms with Gasteiger partial charge in [0.05, 0.1) is 12.7 Å². The average molecular weight is 147 g/mol. The summed E-state index contributed by atoms with van der Waals surface area (Å²) in [5.41, 5.74) is 0. The van der Waals surface area contributed by atoms with Crippen LogP contribution in [0, 0.1) is 0 Å². The average Bonchev–Trinajstić information content (AvgIpc) is 1.85. The number of hydrogen-bond donors (Lipinski definition) is 2.